The molecule has 158 valence electrons. The first kappa shape index (κ1) is 21.8. The van der Waals surface area contributed by atoms with Crippen LogP contribution >= 0.6 is 0 Å². The highest BCUT2D eigenvalue weighted by Gasteiger charge is 2.26. The minimum Gasteiger partial charge on any atom is -0.494 e. The van der Waals surface area contributed by atoms with Gasteiger partial charge in [-0.3, -0.25) is 14.2 Å². The van der Waals surface area contributed by atoms with E-state index in [9.17, 15) is 20.0 Å². The number of pyridine rings is 1. The van der Waals surface area contributed by atoms with Gasteiger partial charge in [-0.15, -0.1) is 0 Å². The standard InChI is InChI=1S/C25H24N2O4/c1-15-10-16(2)12-20(11-15)31-14-22(28)23-17(3)21(13-26)24(29)27(25(23)30)18(4)19-8-6-5-7-9-19/h5-12,18,30H,14H2,1-4H3. The molecule has 0 amide bonds. The molecule has 1 atom stereocenters. The second-order valence-electron chi connectivity index (χ2n) is 7.61. The van der Waals surface area contributed by atoms with Crippen LogP contribution in [0.4, 0.5) is 0 Å². The van der Waals surface area contributed by atoms with Crippen molar-refractivity contribution in [3.63, 3.8) is 0 Å². The second kappa shape index (κ2) is 8.88. The van der Waals surface area contributed by atoms with Crippen LogP contribution in [-0.4, -0.2) is 22.1 Å². The van der Waals surface area contributed by atoms with Gasteiger partial charge >= 0.3 is 0 Å². The van der Waals surface area contributed by atoms with E-state index in [4.69, 9.17) is 4.74 Å². The smallest absolute Gasteiger partial charge is 0.272 e. The fraction of sp³-hybridized carbons (Fsp3) is 0.240. The Morgan fingerprint density at radius 3 is 2.32 bits per heavy atom. The van der Waals surface area contributed by atoms with Crippen molar-refractivity contribution in [2.24, 2.45) is 0 Å². The molecule has 0 spiro atoms. The van der Waals surface area contributed by atoms with Gasteiger partial charge in [-0.25, -0.2) is 0 Å². The number of benzene rings is 2. The van der Waals surface area contributed by atoms with E-state index in [0.29, 0.717) is 5.75 Å². The predicted molar refractivity (Wildman–Crippen MR) is 118 cm³/mol. The number of hydrogen-bond acceptors (Lipinski definition) is 5. The van der Waals surface area contributed by atoms with E-state index < -0.39 is 23.3 Å². The third kappa shape index (κ3) is 4.36. The Balaban J connectivity index is 2.04. The largest absolute Gasteiger partial charge is 0.494 e. The SMILES string of the molecule is Cc1cc(C)cc(OCC(=O)c2c(C)c(C#N)c(=O)n(C(C)c3ccccc3)c2O)c1. The summed E-state index contributed by atoms with van der Waals surface area (Å²) in [6, 6.07) is 16.0. The van der Waals surface area contributed by atoms with Crippen LogP contribution in [0, 0.1) is 32.1 Å². The van der Waals surface area contributed by atoms with Crippen LogP contribution in [0.3, 0.4) is 0 Å². The van der Waals surface area contributed by atoms with Gasteiger partial charge in [0, 0.05) is 0 Å². The Morgan fingerprint density at radius 2 is 1.74 bits per heavy atom. The number of aromatic nitrogens is 1. The third-order valence-electron chi connectivity index (χ3n) is 5.26. The summed E-state index contributed by atoms with van der Waals surface area (Å²) in [6.07, 6.45) is 0. The van der Waals surface area contributed by atoms with E-state index in [1.54, 1.807) is 6.92 Å². The van der Waals surface area contributed by atoms with E-state index in [-0.39, 0.29) is 23.3 Å². The van der Waals surface area contributed by atoms with Gasteiger partial charge in [0.05, 0.1) is 11.6 Å². The lowest BCUT2D eigenvalue weighted by atomic mass is 10.00. The third-order valence-corrected chi connectivity index (χ3v) is 5.26. The zero-order chi connectivity index (χ0) is 22.7. The van der Waals surface area contributed by atoms with Crippen molar-refractivity contribution in [3.8, 4) is 17.7 Å². The quantitative estimate of drug-likeness (QED) is 0.608. The molecule has 0 aliphatic heterocycles. The molecule has 3 rings (SSSR count). The Labute approximate surface area is 181 Å². The molecule has 3 aromatic rings. The molecule has 6 heteroatoms. The number of nitriles is 1. The molecule has 2 aromatic carbocycles. The minimum absolute atomic E-state index is 0.0803. The van der Waals surface area contributed by atoms with Crippen LogP contribution < -0.4 is 10.3 Å². The Bertz CT molecular complexity index is 1220. The molecule has 1 unspecified atom stereocenters. The van der Waals surface area contributed by atoms with Gasteiger partial charge in [0.25, 0.3) is 5.56 Å². The summed E-state index contributed by atoms with van der Waals surface area (Å²) >= 11 is 0. The monoisotopic (exact) mass is 416 g/mol. The number of ether oxygens (including phenoxy) is 1. The van der Waals surface area contributed by atoms with Crippen LogP contribution in [0.2, 0.25) is 0 Å². The zero-order valence-electron chi connectivity index (χ0n) is 18.0. The van der Waals surface area contributed by atoms with Crippen LogP contribution in [0.5, 0.6) is 11.6 Å². The molecule has 0 saturated heterocycles. The lowest BCUT2D eigenvalue weighted by Crippen LogP contribution is -2.30. The molecule has 1 heterocycles. The van der Waals surface area contributed by atoms with Gasteiger partial charge in [0.15, 0.2) is 6.61 Å². The fourth-order valence-corrected chi connectivity index (χ4v) is 3.73. The van der Waals surface area contributed by atoms with Gasteiger partial charge in [0.2, 0.25) is 11.7 Å². The number of aryl methyl sites for hydroxylation is 2. The summed E-state index contributed by atoms with van der Waals surface area (Å²) in [4.78, 5) is 25.9. The van der Waals surface area contributed by atoms with Crippen LogP contribution in [0.15, 0.2) is 53.3 Å². The molecule has 0 radical (unpaired) electrons. The van der Waals surface area contributed by atoms with Gasteiger partial charge in [-0.05, 0) is 62.1 Å². The van der Waals surface area contributed by atoms with E-state index in [2.05, 4.69) is 0 Å². The molecule has 1 aromatic heterocycles. The lowest BCUT2D eigenvalue weighted by molar-refractivity contribution is 0.0916. The van der Waals surface area contributed by atoms with Crippen molar-refractivity contribution in [1.82, 2.24) is 4.57 Å². The molecule has 0 saturated carbocycles. The van der Waals surface area contributed by atoms with Crippen molar-refractivity contribution < 1.29 is 14.6 Å². The molecule has 0 aliphatic carbocycles. The molecule has 0 aliphatic rings. The maximum atomic E-state index is 13.0. The number of carbonyl (C=O) groups is 1. The van der Waals surface area contributed by atoms with Gasteiger partial charge in [-0.2, -0.15) is 5.26 Å². The average Bonchev–Trinajstić information content (AvgIpc) is 2.72. The normalized spacial score (nSPS) is 11.6. The molecule has 0 fully saturated rings. The summed E-state index contributed by atoms with van der Waals surface area (Å²) < 4.78 is 6.74. The van der Waals surface area contributed by atoms with Crippen molar-refractivity contribution in [2.45, 2.75) is 33.7 Å². The van der Waals surface area contributed by atoms with Crippen LogP contribution in [-0.2, 0) is 0 Å². The first-order valence-corrected chi connectivity index (χ1v) is 9.92. The Hall–Kier alpha value is -3.85. The summed E-state index contributed by atoms with van der Waals surface area (Å²) in [5.74, 6) is -0.443. The highest BCUT2D eigenvalue weighted by Crippen LogP contribution is 2.28. The molecule has 31 heavy (non-hydrogen) atoms. The number of ketones is 1. The predicted octanol–water partition coefficient (Wildman–Crippen LogP) is 4.22. The summed E-state index contributed by atoms with van der Waals surface area (Å²) in [7, 11) is 0. The number of aromatic hydroxyl groups is 1. The molecule has 1 N–H and O–H groups in total. The molecule has 0 bridgehead atoms. The van der Waals surface area contributed by atoms with E-state index >= 15 is 0 Å². The van der Waals surface area contributed by atoms with Crippen molar-refractivity contribution >= 4 is 5.78 Å². The summed E-state index contributed by atoms with van der Waals surface area (Å²) in [6.45, 7) is 6.74. The number of hydrogen-bond donors (Lipinski definition) is 1. The first-order chi connectivity index (χ1) is 14.7. The molecular weight excluding hydrogens is 392 g/mol. The fourth-order valence-electron chi connectivity index (χ4n) is 3.73. The van der Waals surface area contributed by atoms with Crippen LogP contribution in [0.25, 0.3) is 0 Å². The number of carbonyl (C=O) groups excluding carboxylic acids is 1. The van der Waals surface area contributed by atoms with Gasteiger partial charge < -0.3 is 9.84 Å². The number of Topliss-reactive ketones (excluding diaryl/α,β-unsaturated/α-hetero) is 1. The van der Waals surface area contributed by atoms with Gasteiger partial charge in [-0.1, -0.05) is 36.4 Å². The van der Waals surface area contributed by atoms with E-state index in [1.165, 1.54) is 6.92 Å². The van der Waals surface area contributed by atoms with Crippen molar-refractivity contribution in [2.75, 3.05) is 6.61 Å². The average molecular weight is 416 g/mol. The lowest BCUT2D eigenvalue weighted by Gasteiger charge is -2.21. The van der Waals surface area contributed by atoms with Crippen molar-refractivity contribution in [3.05, 3.63) is 92.3 Å². The first-order valence-electron chi connectivity index (χ1n) is 9.92. The second-order valence-corrected chi connectivity index (χ2v) is 7.61. The zero-order valence-corrected chi connectivity index (χ0v) is 18.0. The Morgan fingerprint density at radius 1 is 1.13 bits per heavy atom. The van der Waals surface area contributed by atoms with E-state index in [0.717, 1.165) is 21.3 Å². The van der Waals surface area contributed by atoms with E-state index in [1.807, 2.05) is 68.4 Å². The highest BCUT2D eigenvalue weighted by atomic mass is 16.5. The van der Waals surface area contributed by atoms with Crippen LogP contribution in [0.1, 0.15) is 51.1 Å². The summed E-state index contributed by atoms with van der Waals surface area (Å²) in [5.41, 5.74) is 2.02. The number of nitrogens with zero attached hydrogens (tertiary/aromatic N) is 2. The van der Waals surface area contributed by atoms with Gasteiger partial charge in [0.1, 0.15) is 17.4 Å². The molecular formula is C25H24N2O4. The van der Waals surface area contributed by atoms with Crippen molar-refractivity contribution in [1.29, 1.82) is 5.26 Å². The Kier molecular flexibility index (Phi) is 6.26. The highest BCUT2D eigenvalue weighted by molar-refractivity contribution is 6.01. The maximum Gasteiger partial charge on any atom is 0.272 e. The summed E-state index contributed by atoms with van der Waals surface area (Å²) in [5, 5.41) is 20.5. The molecule has 6 nitrogen and oxygen atoms in total. The topological polar surface area (TPSA) is 92.3 Å². The maximum absolute atomic E-state index is 13.0. The minimum atomic E-state index is -0.638. The number of rotatable bonds is 6.